The molecule has 0 radical (unpaired) electrons. The molecule has 0 fully saturated rings. The molecule has 1 aromatic heterocycles. The summed E-state index contributed by atoms with van der Waals surface area (Å²) < 4.78 is 12.4. The highest BCUT2D eigenvalue weighted by molar-refractivity contribution is 5.96. The Morgan fingerprint density at radius 1 is 0.912 bits per heavy atom. The van der Waals surface area contributed by atoms with Crippen molar-refractivity contribution in [2.45, 2.75) is 45.6 Å². The van der Waals surface area contributed by atoms with Crippen LogP contribution in [0.25, 0.3) is 0 Å². The molecule has 0 aliphatic rings. The lowest BCUT2D eigenvalue weighted by molar-refractivity contribution is -0.133. The molecule has 1 aromatic carbocycles. The van der Waals surface area contributed by atoms with Gasteiger partial charge in [0, 0.05) is 51.8 Å². The fourth-order valence-corrected chi connectivity index (χ4v) is 3.82. The Bertz CT molecular complexity index is 863. The summed E-state index contributed by atoms with van der Waals surface area (Å²) in [6.07, 6.45) is 7.84. The van der Waals surface area contributed by atoms with Crippen LogP contribution in [0.2, 0.25) is 0 Å². The molecule has 7 heteroatoms. The van der Waals surface area contributed by atoms with Gasteiger partial charge in [-0.25, -0.2) is 0 Å². The maximum absolute atomic E-state index is 13.3. The van der Waals surface area contributed by atoms with E-state index in [1.54, 1.807) is 24.0 Å². The minimum atomic E-state index is -0.159. The van der Waals surface area contributed by atoms with Crippen molar-refractivity contribution in [1.29, 1.82) is 0 Å². The molecule has 0 saturated carbocycles. The minimum absolute atomic E-state index is 0.00486. The first-order valence-corrected chi connectivity index (χ1v) is 12.2. The van der Waals surface area contributed by atoms with Crippen LogP contribution in [-0.4, -0.2) is 73.2 Å². The maximum atomic E-state index is 13.3. The van der Waals surface area contributed by atoms with Crippen molar-refractivity contribution in [1.82, 2.24) is 14.4 Å². The lowest BCUT2D eigenvalue weighted by Crippen LogP contribution is -2.45. The second-order valence-electron chi connectivity index (χ2n) is 8.65. The summed E-state index contributed by atoms with van der Waals surface area (Å²) in [5, 5.41) is 0. The molecule has 7 nitrogen and oxygen atoms in total. The van der Waals surface area contributed by atoms with Gasteiger partial charge < -0.3 is 23.8 Å². The molecule has 0 unspecified atom stereocenters. The lowest BCUT2D eigenvalue weighted by Gasteiger charge is -2.28. The number of rotatable bonds is 16. The lowest BCUT2D eigenvalue weighted by atomic mass is 10.0. The van der Waals surface area contributed by atoms with Gasteiger partial charge in [-0.2, -0.15) is 0 Å². The van der Waals surface area contributed by atoms with E-state index in [-0.39, 0.29) is 18.4 Å². The van der Waals surface area contributed by atoms with Crippen LogP contribution in [0.15, 0.2) is 42.6 Å². The summed E-state index contributed by atoms with van der Waals surface area (Å²) in [4.78, 5) is 29.8. The van der Waals surface area contributed by atoms with Gasteiger partial charge in [0.1, 0.15) is 6.54 Å². The second-order valence-corrected chi connectivity index (χ2v) is 8.65. The van der Waals surface area contributed by atoms with Crippen LogP contribution in [0, 0.1) is 0 Å². The number of aryl methyl sites for hydroxylation is 2. The van der Waals surface area contributed by atoms with Crippen LogP contribution in [0.1, 0.15) is 54.2 Å². The van der Waals surface area contributed by atoms with Crippen molar-refractivity contribution in [3.8, 4) is 0 Å². The van der Waals surface area contributed by atoms with E-state index in [1.165, 1.54) is 24.8 Å². The normalized spacial score (nSPS) is 10.9. The molecule has 2 amide bonds. The predicted octanol–water partition coefficient (Wildman–Crippen LogP) is 3.91. The van der Waals surface area contributed by atoms with Crippen LogP contribution in [0.4, 0.5) is 0 Å². The standard InChI is InChI=1S/C27H41N3O4/c1-5-6-7-8-10-23-12-14-24(15-13-23)27(32)30(18-20-34-4)22-26(31)29(17-19-33-3)21-25-11-9-16-28(25)2/h9,11-16H,5-8,10,17-22H2,1-4H3. The van der Waals surface area contributed by atoms with Crippen molar-refractivity contribution < 1.29 is 19.1 Å². The summed E-state index contributed by atoms with van der Waals surface area (Å²) >= 11 is 0. The van der Waals surface area contributed by atoms with Gasteiger partial charge >= 0.3 is 0 Å². The zero-order chi connectivity index (χ0) is 24.8. The largest absolute Gasteiger partial charge is 0.383 e. The number of ether oxygens (including phenoxy) is 2. The van der Waals surface area contributed by atoms with Gasteiger partial charge in [0.25, 0.3) is 5.91 Å². The van der Waals surface area contributed by atoms with Crippen molar-refractivity contribution in [3.05, 3.63) is 59.4 Å². The van der Waals surface area contributed by atoms with Crippen molar-refractivity contribution in [2.24, 2.45) is 7.05 Å². The molecule has 0 spiro atoms. The number of hydrogen-bond donors (Lipinski definition) is 0. The first kappa shape index (κ1) is 27.6. The highest BCUT2D eigenvalue weighted by atomic mass is 16.5. The maximum Gasteiger partial charge on any atom is 0.254 e. The summed E-state index contributed by atoms with van der Waals surface area (Å²) in [5.74, 6) is -0.274. The van der Waals surface area contributed by atoms with Gasteiger partial charge in [-0.1, -0.05) is 38.3 Å². The minimum Gasteiger partial charge on any atom is -0.383 e. The first-order chi connectivity index (χ1) is 16.5. The van der Waals surface area contributed by atoms with Gasteiger partial charge in [-0.3, -0.25) is 9.59 Å². The molecule has 0 atom stereocenters. The summed E-state index contributed by atoms with van der Waals surface area (Å²) in [6.45, 7) is 4.27. The van der Waals surface area contributed by atoms with Gasteiger partial charge in [0.05, 0.1) is 19.8 Å². The highest BCUT2D eigenvalue weighted by Gasteiger charge is 2.23. The average molecular weight is 472 g/mol. The summed E-state index contributed by atoms with van der Waals surface area (Å²) in [6, 6.07) is 11.7. The topological polar surface area (TPSA) is 64.0 Å². The van der Waals surface area contributed by atoms with Crippen molar-refractivity contribution in [2.75, 3.05) is 47.1 Å². The van der Waals surface area contributed by atoms with E-state index in [0.29, 0.717) is 38.4 Å². The van der Waals surface area contributed by atoms with Crippen molar-refractivity contribution in [3.63, 3.8) is 0 Å². The van der Waals surface area contributed by atoms with Crippen molar-refractivity contribution >= 4 is 11.8 Å². The zero-order valence-corrected chi connectivity index (χ0v) is 21.3. The number of carbonyl (C=O) groups is 2. The molecule has 188 valence electrons. The molecule has 0 saturated heterocycles. The quantitative estimate of drug-likeness (QED) is 0.348. The molecule has 0 aliphatic heterocycles. The average Bonchev–Trinajstić information content (AvgIpc) is 3.26. The summed E-state index contributed by atoms with van der Waals surface area (Å²) in [7, 11) is 5.17. The van der Waals surface area contributed by atoms with Gasteiger partial charge in [0.15, 0.2) is 0 Å². The number of nitrogens with zero attached hydrogens (tertiary/aromatic N) is 3. The monoisotopic (exact) mass is 471 g/mol. The molecular weight excluding hydrogens is 430 g/mol. The van der Waals surface area contributed by atoms with Gasteiger partial charge in [-0.05, 0) is 42.7 Å². The summed E-state index contributed by atoms with van der Waals surface area (Å²) in [5.41, 5.74) is 2.85. The number of benzene rings is 1. The Morgan fingerprint density at radius 2 is 1.59 bits per heavy atom. The number of methoxy groups -OCH3 is 2. The van der Waals surface area contributed by atoms with E-state index >= 15 is 0 Å². The molecule has 34 heavy (non-hydrogen) atoms. The number of amides is 2. The molecule has 0 bridgehead atoms. The Kier molecular flexibility index (Phi) is 12.4. The molecule has 2 aromatic rings. The Morgan fingerprint density at radius 3 is 2.18 bits per heavy atom. The third-order valence-electron chi connectivity index (χ3n) is 6.02. The number of hydrogen-bond acceptors (Lipinski definition) is 4. The van der Waals surface area contributed by atoms with E-state index in [1.807, 2.05) is 54.2 Å². The Balaban J connectivity index is 2.07. The third-order valence-corrected chi connectivity index (χ3v) is 6.02. The molecule has 0 aliphatic carbocycles. The predicted molar refractivity (Wildman–Crippen MR) is 135 cm³/mol. The van der Waals surface area contributed by atoms with E-state index in [2.05, 4.69) is 6.92 Å². The fourth-order valence-electron chi connectivity index (χ4n) is 3.82. The smallest absolute Gasteiger partial charge is 0.254 e. The molecule has 2 rings (SSSR count). The van der Waals surface area contributed by atoms with E-state index in [9.17, 15) is 9.59 Å². The van der Waals surface area contributed by atoms with Crippen LogP contribution < -0.4 is 0 Å². The second kappa shape index (κ2) is 15.3. The third kappa shape index (κ3) is 8.95. The SMILES string of the molecule is CCCCCCc1ccc(C(=O)N(CCOC)CC(=O)N(CCOC)Cc2cccn2C)cc1. The molecular formula is C27H41N3O4. The Hall–Kier alpha value is -2.64. The van der Waals surface area contributed by atoms with Crippen LogP contribution in [0.3, 0.4) is 0 Å². The van der Waals surface area contributed by atoms with E-state index in [4.69, 9.17) is 9.47 Å². The van der Waals surface area contributed by atoms with Crippen LogP contribution >= 0.6 is 0 Å². The van der Waals surface area contributed by atoms with E-state index < -0.39 is 0 Å². The Labute approximate surface area is 204 Å². The molecule has 0 N–H and O–H groups in total. The van der Waals surface area contributed by atoms with Crippen LogP contribution in [0.5, 0.6) is 0 Å². The highest BCUT2D eigenvalue weighted by Crippen LogP contribution is 2.13. The fraction of sp³-hybridized carbons (Fsp3) is 0.556. The number of carbonyl (C=O) groups excluding carboxylic acids is 2. The number of aromatic nitrogens is 1. The zero-order valence-electron chi connectivity index (χ0n) is 21.3. The van der Waals surface area contributed by atoms with Gasteiger partial charge in [-0.15, -0.1) is 0 Å². The number of unbranched alkanes of at least 4 members (excludes halogenated alkanes) is 3. The van der Waals surface area contributed by atoms with E-state index in [0.717, 1.165) is 18.5 Å². The van der Waals surface area contributed by atoms with Crippen LogP contribution in [-0.2, 0) is 34.3 Å². The molecule has 1 heterocycles. The van der Waals surface area contributed by atoms with Gasteiger partial charge in [0.2, 0.25) is 5.91 Å². The first-order valence-electron chi connectivity index (χ1n) is 12.2.